The molecule has 0 spiro atoms. The molecule has 0 aliphatic carbocycles. The third-order valence-corrected chi connectivity index (χ3v) is 8.90. The highest BCUT2D eigenvalue weighted by molar-refractivity contribution is 7.46. The first-order valence-corrected chi connectivity index (χ1v) is 21.5. The van der Waals surface area contributed by atoms with Crippen molar-refractivity contribution >= 4 is 13.8 Å². The molecule has 0 rings (SSSR count). The maximum Gasteiger partial charge on any atom is 0.469 e. The number of esters is 1. The second kappa shape index (κ2) is 37.7. The highest BCUT2D eigenvalue weighted by Gasteiger charge is 2.20. The van der Waals surface area contributed by atoms with E-state index in [1.54, 1.807) is 0 Å². The Hall–Kier alpha value is -1.50. The summed E-state index contributed by atoms with van der Waals surface area (Å²) in [5, 5.41) is 0. The Kier molecular flexibility index (Phi) is 36.6. The molecule has 0 heterocycles. The van der Waals surface area contributed by atoms with E-state index < -0.39 is 13.9 Å². The molecule has 0 aromatic carbocycles. The number of rotatable bonds is 37. The van der Waals surface area contributed by atoms with Gasteiger partial charge in [-0.2, -0.15) is 0 Å². The van der Waals surface area contributed by atoms with Crippen LogP contribution < -0.4 is 0 Å². The Morgan fingerprint density at radius 1 is 0.551 bits per heavy atom. The first-order chi connectivity index (χ1) is 23.9. The van der Waals surface area contributed by atoms with Crippen molar-refractivity contribution in [1.82, 2.24) is 0 Å². The summed E-state index contributed by atoms with van der Waals surface area (Å²) < 4.78 is 26.9. The largest absolute Gasteiger partial charge is 0.469 e. The average molecular weight is 711 g/mol. The summed E-state index contributed by atoms with van der Waals surface area (Å²) in [6, 6.07) is 0. The molecule has 8 heteroatoms. The lowest BCUT2D eigenvalue weighted by atomic mass is 10.0. The van der Waals surface area contributed by atoms with Crippen molar-refractivity contribution in [3.05, 3.63) is 48.6 Å². The first-order valence-electron chi connectivity index (χ1n) is 20.0. The van der Waals surface area contributed by atoms with E-state index >= 15 is 0 Å². The summed E-state index contributed by atoms with van der Waals surface area (Å²) in [5.41, 5.74) is 0. The van der Waals surface area contributed by atoms with Gasteiger partial charge in [0.2, 0.25) is 0 Å². The average Bonchev–Trinajstić information content (AvgIpc) is 3.07. The zero-order chi connectivity index (χ0) is 35.9. The zero-order valence-electron chi connectivity index (χ0n) is 31.6. The molecule has 0 saturated carbocycles. The summed E-state index contributed by atoms with van der Waals surface area (Å²) in [4.78, 5) is 30.4. The molecule has 7 nitrogen and oxygen atoms in total. The van der Waals surface area contributed by atoms with Gasteiger partial charge >= 0.3 is 13.8 Å². The molecule has 1 atom stereocenters. The van der Waals surface area contributed by atoms with E-state index in [4.69, 9.17) is 19.3 Å². The highest BCUT2D eigenvalue weighted by atomic mass is 31.2. The standard InChI is InChI=1S/C41H75O7P/c1-3-5-7-9-11-13-15-17-19-20-21-23-25-27-29-31-33-35-37-46-40(39-48-49(43,44)45)38-47-41(42)36-34-32-30-28-26-24-22-18-16-14-12-10-8-6-4-2/h11,13,17,19,21,23,27,29,40H,3-10,12,14-16,18,20,22,24-26,28,30-39H2,1-2H3,(H2,43,44,45)/t40-/m0/s1. The van der Waals surface area contributed by atoms with E-state index in [2.05, 4.69) is 67.0 Å². The third-order valence-electron chi connectivity index (χ3n) is 8.42. The Balaban J connectivity index is 3.90. The number of unbranched alkanes of at least 4 members (excludes halogenated alkanes) is 19. The van der Waals surface area contributed by atoms with E-state index in [9.17, 15) is 9.36 Å². The van der Waals surface area contributed by atoms with Gasteiger partial charge in [0.25, 0.3) is 0 Å². The quantitative estimate of drug-likeness (QED) is 0.0286. The molecule has 0 radical (unpaired) electrons. The van der Waals surface area contributed by atoms with Crippen LogP contribution in [0.5, 0.6) is 0 Å². The van der Waals surface area contributed by atoms with Crippen LogP contribution in [0.4, 0.5) is 0 Å². The summed E-state index contributed by atoms with van der Waals surface area (Å²) in [6.07, 6.45) is 46.9. The predicted octanol–water partition coefficient (Wildman–Crippen LogP) is 12.4. The van der Waals surface area contributed by atoms with Crippen molar-refractivity contribution in [1.29, 1.82) is 0 Å². The van der Waals surface area contributed by atoms with Crippen molar-refractivity contribution in [2.24, 2.45) is 0 Å². The van der Waals surface area contributed by atoms with Crippen molar-refractivity contribution in [2.75, 3.05) is 19.8 Å². The third kappa shape index (κ3) is 40.8. The van der Waals surface area contributed by atoms with Crippen LogP contribution in [-0.2, 0) is 23.4 Å². The number of phosphoric acid groups is 1. The second-order valence-corrected chi connectivity index (χ2v) is 14.5. The Morgan fingerprint density at radius 2 is 0.959 bits per heavy atom. The molecule has 286 valence electrons. The molecule has 0 bridgehead atoms. The molecule has 0 aromatic rings. The molecule has 0 unspecified atom stereocenters. The summed E-state index contributed by atoms with van der Waals surface area (Å²) in [6.45, 7) is 4.49. The fourth-order valence-electron chi connectivity index (χ4n) is 5.40. The van der Waals surface area contributed by atoms with Gasteiger partial charge in [-0.25, -0.2) is 4.57 Å². The number of carbonyl (C=O) groups excluding carboxylic acids is 1. The molecule has 0 amide bonds. The first kappa shape index (κ1) is 47.5. The predicted molar refractivity (Wildman–Crippen MR) is 207 cm³/mol. The van der Waals surface area contributed by atoms with E-state index in [1.165, 1.54) is 103 Å². The van der Waals surface area contributed by atoms with Crippen LogP contribution in [0, 0.1) is 0 Å². The molecular formula is C41H75O7P. The topological polar surface area (TPSA) is 102 Å². The van der Waals surface area contributed by atoms with Crippen LogP contribution in [0.1, 0.15) is 181 Å². The minimum absolute atomic E-state index is 0.0747. The molecule has 0 fully saturated rings. The van der Waals surface area contributed by atoms with Crippen molar-refractivity contribution in [2.45, 2.75) is 187 Å². The van der Waals surface area contributed by atoms with Gasteiger partial charge in [0.1, 0.15) is 12.7 Å². The Morgan fingerprint density at radius 3 is 1.43 bits per heavy atom. The van der Waals surface area contributed by atoms with Gasteiger partial charge in [0.15, 0.2) is 0 Å². The van der Waals surface area contributed by atoms with Crippen LogP contribution in [0.2, 0.25) is 0 Å². The lowest BCUT2D eigenvalue weighted by Gasteiger charge is -2.18. The molecule has 0 aromatic heterocycles. The van der Waals surface area contributed by atoms with E-state index in [0.29, 0.717) is 13.0 Å². The minimum atomic E-state index is -4.63. The molecular weight excluding hydrogens is 635 g/mol. The fourth-order valence-corrected chi connectivity index (χ4v) is 5.76. The smallest absolute Gasteiger partial charge is 0.463 e. The Bertz CT molecular complexity index is 877. The van der Waals surface area contributed by atoms with Crippen LogP contribution in [0.15, 0.2) is 48.6 Å². The number of ether oxygens (including phenoxy) is 2. The zero-order valence-corrected chi connectivity index (χ0v) is 32.5. The van der Waals surface area contributed by atoms with Gasteiger partial charge in [0, 0.05) is 13.0 Å². The molecule has 0 aliphatic rings. The normalized spacial score (nSPS) is 13.1. The lowest BCUT2D eigenvalue weighted by molar-refractivity contribution is -0.149. The van der Waals surface area contributed by atoms with E-state index in [1.807, 2.05) is 0 Å². The fraction of sp³-hybridized carbons (Fsp3) is 0.780. The molecule has 0 aliphatic heterocycles. The number of phosphoric ester groups is 1. The summed E-state index contributed by atoms with van der Waals surface area (Å²) in [7, 11) is -4.63. The van der Waals surface area contributed by atoms with Crippen molar-refractivity contribution < 1.29 is 33.1 Å². The lowest BCUT2D eigenvalue weighted by Crippen LogP contribution is -2.27. The van der Waals surface area contributed by atoms with Crippen LogP contribution in [0.25, 0.3) is 0 Å². The Labute approximate surface area is 301 Å². The van der Waals surface area contributed by atoms with Gasteiger partial charge < -0.3 is 19.3 Å². The van der Waals surface area contributed by atoms with Crippen molar-refractivity contribution in [3.63, 3.8) is 0 Å². The minimum Gasteiger partial charge on any atom is -0.463 e. The van der Waals surface area contributed by atoms with Gasteiger partial charge in [-0.3, -0.25) is 9.32 Å². The number of hydrogen-bond donors (Lipinski definition) is 2. The van der Waals surface area contributed by atoms with Crippen LogP contribution in [0.3, 0.4) is 0 Å². The SMILES string of the molecule is CCCCCC=CCC=CCC=CCC=CCCCCO[C@@H](COC(=O)CCCCCCCCCCCCCCCCC)COP(=O)(O)O. The van der Waals surface area contributed by atoms with Gasteiger partial charge in [-0.15, -0.1) is 0 Å². The van der Waals surface area contributed by atoms with Gasteiger partial charge in [-0.1, -0.05) is 165 Å². The maximum atomic E-state index is 12.2. The monoisotopic (exact) mass is 711 g/mol. The maximum absolute atomic E-state index is 12.2. The second-order valence-electron chi connectivity index (χ2n) is 13.2. The van der Waals surface area contributed by atoms with E-state index in [-0.39, 0.29) is 19.2 Å². The van der Waals surface area contributed by atoms with E-state index in [0.717, 1.165) is 57.8 Å². The number of carbonyl (C=O) groups is 1. The van der Waals surface area contributed by atoms with Crippen LogP contribution >= 0.6 is 7.82 Å². The van der Waals surface area contributed by atoms with Gasteiger partial charge in [-0.05, 0) is 57.8 Å². The molecule has 49 heavy (non-hydrogen) atoms. The van der Waals surface area contributed by atoms with Crippen LogP contribution in [-0.4, -0.2) is 41.7 Å². The molecule has 2 N–H and O–H groups in total. The summed E-state index contributed by atoms with van der Waals surface area (Å²) >= 11 is 0. The molecule has 0 saturated heterocycles. The summed E-state index contributed by atoms with van der Waals surface area (Å²) in [5.74, 6) is -0.306. The van der Waals surface area contributed by atoms with Gasteiger partial charge in [0.05, 0.1) is 6.61 Å². The highest BCUT2D eigenvalue weighted by Crippen LogP contribution is 2.35. The number of allylic oxidation sites excluding steroid dienone is 8. The number of hydrogen-bond acceptors (Lipinski definition) is 5. The van der Waals surface area contributed by atoms with Crippen molar-refractivity contribution in [3.8, 4) is 0 Å².